The third-order valence-corrected chi connectivity index (χ3v) is 2.94. The molecule has 16 heavy (non-hydrogen) atoms. The van der Waals surface area contributed by atoms with Crippen molar-refractivity contribution in [1.82, 2.24) is 4.90 Å². The van der Waals surface area contributed by atoms with Crippen LogP contribution in [0.5, 0.6) is 0 Å². The van der Waals surface area contributed by atoms with Crippen LogP contribution >= 0.6 is 0 Å². The Balaban J connectivity index is 2.66. The van der Waals surface area contributed by atoms with E-state index in [9.17, 15) is 0 Å². The highest BCUT2D eigenvalue weighted by Crippen LogP contribution is 2.17. The fourth-order valence-corrected chi connectivity index (χ4v) is 1.68. The molecule has 0 radical (unpaired) electrons. The molecule has 0 bridgehead atoms. The topological polar surface area (TPSA) is 38.5 Å². The minimum Gasteiger partial charge on any atom is -0.399 e. The van der Waals surface area contributed by atoms with Gasteiger partial charge in [0.2, 0.25) is 0 Å². The molecule has 1 aromatic rings. The summed E-state index contributed by atoms with van der Waals surface area (Å²) in [7, 11) is 1.74. The van der Waals surface area contributed by atoms with Crippen LogP contribution in [0.25, 0.3) is 0 Å². The summed E-state index contributed by atoms with van der Waals surface area (Å²) in [6, 6.07) is 6.10. The summed E-state index contributed by atoms with van der Waals surface area (Å²) in [5, 5.41) is 0. The molecule has 0 saturated carbocycles. The van der Waals surface area contributed by atoms with Crippen molar-refractivity contribution in [1.29, 1.82) is 0 Å². The van der Waals surface area contributed by atoms with Crippen molar-refractivity contribution in [2.75, 3.05) is 32.5 Å². The summed E-state index contributed by atoms with van der Waals surface area (Å²) in [5.41, 5.74) is 9.27. The lowest BCUT2D eigenvalue weighted by Crippen LogP contribution is -2.27. The van der Waals surface area contributed by atoms with E-state index in [-0.39, 0.29) is 0 Å². The predicted octanol–water partition coefficient (Wildman–Crippen LogP) is 2.05. The summed E-state index contributed by atoms with van der Waals surface area (Å²) < 4.78 is 5.10. The molecule has 3 heteroatoms. The number of methoxy groups -OCH3 is 1. The first kappa shape index (κ1) is 13.0. The Morgan fingerprint density at radius 3 is 2.75 bits per heavy atom. The fraction of sp³-hybridized carbons (Fsp3) is 0.538. The molecular formula is C13H22N2O. The van der Waals surface area contributed by atoms with Crippen molar-refractivity contribution in [3.8, 4) is 0 Å². The summed E-state index contributed by atoms with van der Waals surface area (Å²) >= 11 is 0. The van der Waals surface area contributed by atoms with E-state index < -0.39 is 0 Å². The van der Waals surface area contributed by atoms with Gasteiger partial charge in [0.25, 0.3) is 0 Å². The van der Waals surface area contributed by atoms with Crippen LogP contribution in [0.15, 0.2) is 18.2 Å². The van der Waals surface area contributed by atoms with Crippen molar-refractivity contribution in [3.05, 3.63) is 29.3 Å². The summed E-state index contributed by atoms with van der Waals surface area (Å²) in [6.45, 7) is 7.94. The Hall–Kier alpha value is -1.06. The predicted molar refractivity (Wildman–Crippen MR) is 68.4 cm³/mol. The highest BCUT2D eigenvalue weighted by Gasteiger charge is 2.06. The largest absolute Gasteiger partial charge is 0.399 e. The third-order valence-electron chi connectivity index (χ3n) is 2.94. The van der Waals surface area contributed by atoms with Crippen molar-refractivity contribution in [2.45, 2.75) is 20.4 Å². The molecular weight excluding hydrogens is 200 g/mol. The van der Waals surface area contributed by atoms with Crippen molar-refractivity contribution in [2.24, 2.45) is 0 Å². The standard InChI is InChI=1S/C13H22N2O/c1-4-15(8-9-16-3)10-12-6-5-7-13(14)11(12)2/h5-7H,4,8-10,14H2,1-3H3. The lowest BCUT2D eigenvalue weighted by atomic mass is 10.1. The minimum absolute atomic E-state index is 0.773. The summed E-state index contributed by atoms with van der Waals surface area (Å²) in [4.78, 5) is 2.35. The molecule has 0 unspecified atom stereocenters. The van der Waals surface area contributed by atoms with Gasteiger partial charge in [-0.3, -0.25) is 4.90 Å². The molecule has 1 rings (SSSR count). The maximum Gasteiger partial charge on any atom is 0.0589 e. The van der Waals surface area contributed by atoms with Crippen molar-refractivity contribution >= 4 is 5.69 Å². The number of anilines is 1. The quantitative estimate of drug-likeness (QED) is 0.749. The number of benzene rings is 1. The van der Waals surface area contributed by atoms with E-state index in [0.717, 1.165) is 31.9 Å². The third kappa shape index (κ3) is 3.51. The molecule has 0 heterocycles. The molecule has 0 aliphatic rings. The maximum absolute atomic E-state index is 5.89. The second-order valence-corrected chi connectivity index (χ2v) is 3.99. The Labute approximate surface area is 98.2 Å². The SMILES string of the molecule is CCN(CCOC)Cc1cccc(N)c1C. The van der Waals surface area contributed by atoms with Gasteiger partial charge in [-0.05, 0) is 30.7 Å². The number of hydrogen-bond acceptors (Lipinski definition) is 3. The first-order valence-electron chi connectivity index (χ1n) is 5.74. The van der Waals surface area contributed by atoms with Gasteiger partial charge in [-0.25, -0.2) is 0 Å². The molecule has 1 aromatic carbocycles. The van der Waals surface area contributed by atoms with Crippen LogP contribution < -0.4 is 5.73 Å². The van der Waals surface area contributed by atoms with Gasteiger partial charge in [-0.15, -0.1) is 0 Å². The molecule has 0 saturated heterocycles. The van der Waals surface area contributed by atoms with Gasteiger partial charge in [-0.1, -0.05) is 19.1 Å². The van der Waals surface area contributed by atoms with Gasteiger partial charge in [0.15, 0.2) is 0 Å². The number of nitrogens with zero attached hydrogens (tertiary/aromatic N) is 1. The van der Waals surface area contributed by atoms with E-state index in [4.69, 9.17) is 10.5 Å². The van der Waals surface area contributed by atoms with Gasteiger partial charge in [0.05, 0.1) is 6.61 Å². The maximum atomic E-state index is 5.89. The van der Waals surface area contributed by atoms with E-state index in [0.29, 0.717) is 0 Å². The van der Waals surface area contributed by atoms with Crippen LogP contribution in [0, 0.1) is 6.92 Å². The van der Waals surface area contributed by atoms with Gasteiger partial charge >= 0.3 is 0 Å². The lowest BCUT2D eigenvalue weighted by molar-refractivity contribution is 0.147. The Morgan fingerprint density at radius 2 is 2.12 bits per heavy atom. The molecule has 2 N–H and O–H groups in total. The molecule has 0 aliphatic carbocycles. The number of likely N-dealkylation sites (N-methyl/N-ethyl adjacent to an activating group) is 1. The van der Waals surface area contributed by atoms with E-state index in [2.05, 4.69) is 24.8 Å². The molecule has 0 spiro atoms. The number of hydrogen-bond donors (Lipinski definition) is 1. The van der Waals surface area contributed by atoms with Crippen molar-refractivity contribution < 1.29 is 4.74 Å². The minimum atomic E-state index is 0.773. The smallest absolute Gasteiger partial charge is 0.0589 e. The van der Waals surface area contributed by atoms with E-state index in [1.165, 1.54) is 11.1 Å². The second kappa shape index (κ2) is 6.51. The fourth-order valence-electron chi connectivity index (χ4n) is 1.68. The monoisotopic (exact) mass is 222 g/mol. The van der Waals surface area contributed by atoms with Crippen LogP contribution in [0.3, 0.4) is 0 Å². The zero-order valence-corrected chi connectivity index (χ0v) is 10.5. The van der Waals surface area contributed by atoms with E-state index >= 15 is 0 Å². The van der Waals surface area contributed by atoms with E-state index in [1.54, 1.807) is 7.11 Å². The van der Waals surface area contributed by atoms with Crippen LogP contribution in [0.1, 0.15) is 18.1 Å². The number of rotatable bonds is 6. The zero-order chi connectivity index (χ0) is 12.0. The highest BCUT2D eigenvalue weighted by atomic mass is 16.5. The lowest BCUT2D eigenvalue weighted by Gasteiger charge is -2.21. The summed E-state index contributed by atoms with van der Waals surface area (Å²) in [6.07, 6.45) is 0. The van der Waals surface area contributed by atoms with Gasteiger partial charge in [-0.2, -0.15) is 0 Å². The van der Waals surface area contributed by atoms with Gasteiger partial charge < -0.3 is 10.5 Å². The average Bonchev–Trinajstić information content (AvgIpc) is 2.30. The van der Waals surface area contributed by atoms with Crippen LogP contribution in [-0.2, 0) is 11.3 Å². The Morgan fingerprint density at radius 1 is 1.38 bits per heavy atom. The molecule has 3 nitrogen and oxygen atoms in total. The Bertz CT molecular complexity index is 326. The average molecular weight is 222 g/mol. The molecule has 0 aromatic heterocycles. The second-order valence-electron chi connectivity index (χ2n) is 3.99. The molecule has 90 valence electrons. The Kier molecular flexibility index (Phi) is 5.29. The highest BCUT2D eigenvalue weighted by molar-refractivity contribution is 5.49. The molecule has 0 amide bonds. The first-order valence-corrected chi connectivity index (χ1v) is 5.74. The van der Waals surface area contributed by atoms with Crippen LogP contribution in [0.2, 0.25) is 0 Å². The van der Waals surface area contributed by atoms with Crippen molar-refractivity contribution in [3.63, 3.8) is 0 Å². The molecule has 0 fully saturated rings. The van der Waals surface area contributed by atoms with E-state index in [1.807, 2.05) is 12.1 Å². The van der Waals surface area contributed by atoms with Crippen LogP contribution in [-0.4, -0.2) is 31.7 Å². The number of ether oxygens (including phenoxy) is 1. The zero-order valence-electron chi connectivity index (χ0n) is 10.5. The normalized spacial score (nSPS) is 11.0. The summed E-state index contributed by atoms with van der Waals surface area (Å²) in [5.74, 6) is 0. The molecule has 0 aliphatic heterocycles. The van der Waals surface area contributed by atoms with Crippen LogP contribution in [0.4, 0.5) is 5.69 Å². The number of nitrogens with two attached hydrogens (primary N) is 1. The van der Waals surface area contributed by atoms with Gasteiger partial charge in [0, 0.05) is 25.9 Å². The first-order chi connectivity index (χ1) is 7.69. The molecule has 0 atom stereocenters. The van der Waals surface area contributed by atoms with Gasteiger partial charge in [0.1, 0.15) is 0 Å². The number of nitrogen functional groups attached to an aromatic ring is 1.